The number of nitrogens with one attached hydrogen (secondary N) is 1. The van der Waals surface area contributed by atoms with E-state index in [1.54, 1.807) is 24.3 Å². The van der Waals surface area contributed by atoms with Crippen LogP contribution in [0, 0.1) is 0 Å². The van der Waals surface area contributed by atoms with Gasteiger partial charge in [0.05, 0.1) is 5.25 Å². The number of Topliss-reactive ketones (excluding diaryl/α,β-unsaturated/α-hetero) is 1. The number of carbonyl (C=O) groups is 2. The molecule has 16 heavy (non-hydrogen) atoms. The number of ketones is 1. The average molecular weight is 237 g/mol. The van der Waals surface area contributed by atoms with Crippen molar-refractivity contribution in [3.63, 3.8) is 0 Å². The first kappa shape index (κ1) is 12.8. The molecule has 0 unspecified atom stereocenters. The lowest BCUT2D eigenvalue weighted by atomic mass is 10.1. The summed E-state index contributed by atoms with van der Waals surface area (Å²) in [5, 5.41) is 2.68. The Morgan fingerprint density at radius 3 is 2.62 bits per heavy atom. The van der Waals surface area contributed by atoms with E-state index in [-0.39, 0.29) is 16.9 Å². The normalized spacial score (nSPS) is 11.9. The minimum Gasteiger partial charge on any atom is -0.325 e. The molecule has 0 saturated heterocycles. The van der Waals surface area contributed by atoms with Gasteiger partial charge in [0, 0.05) is 11.3 Å². The number of carbonyl (C=O) groups excluding carboxylic acids is 2. The van der Waals surface area contributed by atoms with Crippen LogP contribution in [0.15, 0.2) is 24.3 Å². The zero-order valence-electron chi connectivity index (χ0n) is 9.61. The van der Waals surface area contributed by atoms with Crippen LogP contribution in [0.5, 0.6) is 0 Å². The Balaban J connectivity index is 2.78. The van der Waals surface area contributed by atoms with E-state index in [9.17, 15) is 9.59 Å². The maximum Gasteiger partial charge on any atom is 0.237 e. The largest absolute Gasteiger partial charge is 0.325 e. The van der Waals surface area contributed by atoms with Gasteiger partial charge in [-0.15, -0.1) is 0 Å². The summed E-state index contributed by atoms with van der Waals surface area (Å²) >= 11 is 1.48. The third kappa shape index (κ3) is 3.38. The number of hydrogen-bond donors (Lipinski definition) is 1. The van der Waals surface area contributed by atoms with E-state index in [1.165, 1.54) is 18.7 Å². The van der Waals surface area contributed by atoms with E-state index in [0.717, 1.165) is 0 Å². The van der Waals surface area contributed by atoms with Gasteiger partial charge in [-0.25, -0.2) is 0 Å². The SMILES string of the molecule is CS[C@@H](C)C(=O)Nc1cccc(C(C)=O)c1. The van der Waals surface area contributed by atoms with Gasteiger partial charge in [0.1, 0.15) is 0 Å². The summed E-state index contributed by atoms with van der Waals surface area (Å²) in [6.07, 6.45) is 1.89. The molecule has 0 heterocycles. The minimum atomic E-state index is -0.0963. The van der Waals surface area contributed by atoms with Crippen molar-refractivity contribution in [1.29, 1.82) is 0 Å². The average Bonchev–Trinajstić information content (AvgIpc) is 2.28. The lowest BCUT2D eigenvalue weighted by molar-refractivity contribution is -0.115. The summed E-state index contributed by atoms with van der Waals surface area (Å²) in [5.74, 6) is -0.0535. The molecule has 0 saturated carbocycles. The molecule has 0 aliphatic carbocycles. The van der Waals surface area contributed by atoms with Crippen LogP contribution in [0.3, 0.4) is 0 Å². The molecule has 1 aromatic rings. The molecule has 3 nitrogen and oxygen atoms in total. The molecule has 1 N–H and O–H groups in total. The molecule has 1 atom stereocenters. The van der Waals surface area contributed by atoms with Crippen molar-refractivity contribution in [2.24, 2.45) is 0 Å². The van der Waals surface area contributed by atoms with E-state index < -0.39 is 0 Å². The molecule has 86 valence electrons. The van der Waals surface area contributed by atoms with Crippen molar-refractivity contribution < 1.29 is 9.59 Å². The minimum absolute atomic E-state index is 0.00554. The fourth-order valence-electron chi connectivity index (χ4n) is 1.17. The number of rotatable bonds is 4. The third-order valence-corrected chi connectivity index (χ3v) is 3.18. The van der Waals surface area contributed by atoms with Gasteiger partial charge in [-0.1, -0.05) is 12.1 Å². The maximum atomic E-state index is 11.6. The molecular weight excluding hydrogens is 222 g/mol. The van der Waals surface area contributed by atoms with Crippen LogP contribution in [-0.2, 0) is 4.79 Å². The Morgan fingerprint density at radius 1 is 1.38 bits per heavy atom. The van der Waals surface area contributed by atoms with Gasteiger partial charge in [-0.05, 0) is 32.2 Å². The number of thioether (sulfide) groups is 1. The van der Waals surface area contributed by atoms with Crippen LogP contribution in [0.2, 0.25) is 0 Å². The molecule has 0 radical (unpaired) electrons. The van der Waals surface area contributed by atoms with Crippen molar-refractivity contribution in [2.45, 2.75) is 19.1 Å². The summed E-state index contributed by atoms with van der Waals surface area (Å²) in [6, 6.07) is 6.96. The molecule has 0 fully saturated rings. The van der Waals surface area contributed by atoms with Gasteiger partial charge in [-0.3, -0.25) is 9.59 Å². The number of benzene rings is 1. The highest BCUT2D eigenvalue weighted by Gasteiger charge is 2.11. The monoisotopic (exact) mass is 237 g/mol. The van der Waals surface area contributed by atoms with Crippen molar-refractivity contribution >= 4 is 29.1 Å². The molecule has 0 aliphatic rings. The number of amides is 1. The molecule has 0 spiro atoms. The molecule has 1 amide bonds. The second kappa shape index (κ2) is 5.70. The van der Waals surface area contributed by atoms with Gasteiger partial charge < -0.3 is 5.32 Å². The Bertz CT molecular complexity index is 404. The lowest BCUT2D eigenvalue weighted by Crippen LogP contribution is -2.22. The zero-order valence-corrected chi connectivity index (χ0v) is 10.4. The second-order valence-electron chi connectivity index (χ2n) is 3.50. The summed E-state index contributed by atoms with van der Waals surface area (Å²) < 4.78 is 0. The van der Waals surface area contributed by atoms with E-state index >= 15 is 0 Å². The van der Waals surface area contributed by atoms with Crippen molar-refractivity contribution in [3.8, 4) is 0 Å². The summed E-state index contributed by atoms with van der Waals surface area (Å²) in [7, 11) is 0. The predicted octanol–water partition coefficient (Wildman–Crippen LogP) is 2.58. The van der Waals surface area contributed by atoms with Crippen LogP contribution < -0.4 is 5.32 Å². The first-order chi connectivity index (χ1) is 7.54. The van der Waals surface area contributed by atoms with Gasteiger partial charge >= 0.3 is 0 Å². The summed E-state index contributed by atoms with van der Waals surface area (Å²) in [4.78, 5) is 22.8. The molecular formula is C12H15NO2S. The van der Waals surface area contributed by atoms with Crippen molar-refractivity contribution in [2.75, 3.05) is 11.6 Å². The highest BCUT2D eigenvalue weighted by Crippen LogP contribution is 2.13. The van der Waals surface area contributed by atoms with E-state index in [4.69, 9.17) is 0 Å². The highest BCUT2D eigenvalue weighted by atomic mass is 32.2. The van der Waals surface area contributed by atoms with Crippen LogP contribution >= 0.6 is 11.8 Å². The Morgan fingerprint density at radius 2 is 2.06 bits per heavy atom. The Kier molecular flexibility index (Phi) is 4.55. The summed E-state index contributed by atoms with van der Waals surface area (Å²) in [5.41, 5.74) is 1.27. The third-order valence-electron chi connectivity index (χ3n) is 2.26. The Hall–Kier alpha value is -1.29. The molecule has 0 aromatic heterocycles. The highest BCUT2D eigenvalue weighted by molar-refractivity contribution is 7.99. The fourth-order valence-corrected chi connectivity index (χ4v) is 1.44. The molecule has 0 bridgehead atoms. The first-order valence-electron chi connectivity index (χ1n) is 4.99. The van der Waals surface area contributed by atoms with Gasteiger partial charge in [-0.2, -0.15) is 11.8 Å². The predicted molar refractivity (Wildman–Crippen MR) is 68.1 cm³/mol. The quantitative estimate of drug-likeness (QED) is 0.819. The van der Waals surface area contributed by atoms with Crippen LogP contribution in [-0.4, -0.2) is 23.2 Å². The number of hydrogen-bond acceptors (Lipinski definition) is 3. The topological polar surface area (TPSA) is 46.2 Å². The van der Waals surface area contributed by atoms with Crippen LogP contribution in [0.1, 0.15) is 24.2 Å². The lowest BCUT2D eigenvalue weighted by Gasteiger charge is -2.10. The van der Waals surface area contributed by atoms with Gasteiger partial charge in [0.15, 0.2) is 5.78 Å². The van der Waals surface area contributed by atoms with Gasteiger partial charge in [0.25, 0.3) is 0 Å². The van der Waals surface area contributed by atoms with Crippen LogP contribution in [0.4, 0.5) is 5.69 Å². The van der Waals surface area contributed by atoms with Crippen LogP contribution in [0.25, 0.3) is 0 Å². The fraction of sp³-hybridized carbons (Fsp3) is 0.333. The summed E-state index contributed by atoms with van der Waals surface area (Å²) in [6.45, 7) is 3.35. The smallest absolute Gasteiger partial charge is 0.237 e. The Labute approximate surface area is 99.6 Å². The molecule has 0 aliphatic heterocycles. The molecule has 1 aromatic carbocycles. The van der Waals surface area contributed by atoms with Gasteiger partial charge in [0.2, 0.25) is 5.91 Å². The standard InChI is InChI=1S/C12H15NO2S/c1-8(14)10-5-4-6-11(7-10)13-12(15)9(2)16-3/h4-7,9H,1-3H3,(H,13,15)/t9-/m0/s1. The first-order valence-corrected chi connectivity index (χ1v) is 6.28. The van der Waals surface area contributed by atoms with E-state index in [0.29, 0.717) is 11.3 Å². The van der Waals surface area contributed by atoms with E-state index in [2.05, 4.69) is 5.32 Å². The molecule has 1 rings (SSSR count). The van der Waals surface area contributed by atoms with E-state index in [1.807, 2.05) is 13.2 Å². The van der Waals surface area contributed by atoms with Crippen molar-refractivity contribution in [1.82, 2.24) is 0 Å². The number of anilines is 1. The zero-order chi connectivity index (χ0) is 12.1. The molecule has 4 heteroatoms. The maximum absolute atomic E-state index is 11.6. The van der Waals surface area contributed by atoms with Crippen molar-refractivity contribution in [3.05, 3.63) is 29.8 Å². The second-order valence-corrected chi connectivity index (χ2v) is 4.68.